The minimum atomic E-state index is 0.563. The van der Waals surface area contributed by atoms with Crippen LogP contribution < -0.4 is 0 Å². The van der Waals surface area contributed by atoms with Gasteiger partial charge in [-0.05, 0) is 82.2 Å². The average Bonchev–Trinajstić information content (AvgIpc) is 3.69. The van der Waals surface area contributed by atoms with Crippen molar-refractivity contribution >= 4 is 55.0 Å². The zero-order valence-electron chi connectivity index (χ0n) is 26.7. The molecule has 0 bridgehead atoms. The van der Waals surface area contributed by atoms with E-state index in [0.29, 0.717) is 16.9 Å². The van der Waals surface area contributed by atoms with Gasteiger partial charge in [-0.15, -0.1) is 0 Å². The summed E-state index contributed by atoms with van der Waals surface area (Å²) in [6.45, 7) is 15.8. The molecule has 0 N–H and O–H groups in total. The lowest BCUT2D eigenvalue weighted by Crippen LogP contribution is -1.99. The number of rotatable bonds is 4. The summed E-state index contributed by atoms with van der Waals surface area (Å²) < 4.78 is 4.43. The SMILES string of the molecule is [C-]#[N+]c1ccc2c(c1)c1cc(C#N)ccc1n2-c1ccc(-c2ccccc2-c2cccc([N+]#[C-])c2-n2c3ccccc3c3ccccc32)cc1. The summed E-state index contributed by atoms with van der Waals surface area (Å²) in [5, 5.41) is 13.8. The molecular weight excluding hydrogens is 611 g/mol. The van der Waals surface area contributed by atoms with Crippen molar-refractivity contribution in [2.24, 2.45) is 0 Å². The van der Waals surface area contributed by atoms with E-state index < -0.39 is 0 Å². The molecule has 0 saturated heterocycles. The fraction of sp³-hybridized carbons (Fsp3) is 0. The number of nitriles is 1. The summed E-state index contributed by atoms with van der Waals surface area (Å²) in [5.74, 6) is 0. The fourth-order valence-electron chi connectivity index (χ4n) is 7.43. The molecule has 0 aliphatic carbocycles. The van der Waals surface area contributed by atoms with Crippen LogP contribution in [0.3, 0.4) is 0 Å². The van der Waals surface area contributed by atoms with Crippen molar-refractivity contribution in [3.05, 3.63) is 180 Å². The third kappa shape index (κ3) is 4.31. The van der Waals surface area contributed by atoms with Crippen molar-refractivity contribution in [2.45, 2.75) is 0 Å². The molecule has 0 radical (unpaired) electrons. The molecule has 0 spiro atoms. The zero-order valence-corrected chi connectivity index (χ0v) is 26.7. The van der Waals surface area contributed by atoms with E-state index in [0.717, 1.165) is 77.2 Å². The predicted octanol–water partition coefficient (Wildman–Crippen LogP) is 12.2. The van der Waals surface area contributed by atoms with E-state index in [2.05, 4.69) is 128 Å². The summed E-state index contributed by atoms with van der Waals surface area (Å²) in [6.07, 6.45) is 0. The van der Waals surface area contributed by atoms with Crippen molar-refractivity contribution in [1.82, 2.24) is 9.13 Å². The first-order valence-corrected chi connectivity index (χ1v) is 16.2. The van der Waals surface area contributed by atoms with Gasteiger partial charge in [-0.1, -0.05) is 97.1 Å². The van der Waals surface area contributed by atoms with Crippen LogP contribution in [0.15, 0.2) is 152 Å². The Hall–Kier alpha value is -7.39. The molecule has 0 unspecified atom stereocenters. The fourth-order valence-corrected chi connectivity index (χ4v) is 7.43. The van der Waals surface area contributed by atoms with Gasteiger partial charge in [0.1, 0.15) is 0 Å². The van der Waals surface area contributed by atoms with Crippen LogP contribution in [0.25, 0.3) is 86.9 Å². The maximum Gasteiger partial charge on any atom is 0.211 e. The highest BCUT2D eigenvalue weighted by molar-refractivity contribution is 6.12. The van der Waals surface area contributed by atoms with Crippen molar-refractivity contribution in [1.29, 1.82) is 5.26 Å². The van der Waals surface area contributed by atoms with Gasteiger partial charge in [-0.2, -0.15) is 5.26 Å². The number of hydrogen-bond acceptors (Lipinski definition) is 1. The molecule has 0 fully saturated rings. The molecule has 7 aromatic carbocycles. The van der Waals surface area contributed by atoms with Gasteiger partial charge in [0.2, 0.25) is 5.69 Å². The number of fused-ring (bicyclic) bond motifs is 6. The zero-order chi connectivity index (χ0) is 33.8. The number of benzene rings is 7. The first-order chi connectivity index (χ1) is 24.7. The molecule has 5 heteroatoms. The smallest absolute Gasteiger partial charge is 0.211 e. The molecule has 5 nitrogen and oxygen atoms in total. The monoisotopic (exact) mass is 635 g/mol. The van der Waals surface area contributed by atoms with Gasteiger partial charge in [-0.3, -0.25) is 0 Å². The third-order valence-corrected chi connectivity index (χ3v) is 9.60. The van der Waals surface area contributed by atoms with E-state index in [9.17, 15) is 5.26 Å². The lowest BCUT2D eigenvalue weighted by Gasteiger charge is -2.18. The van der Waals surface area contributed by atoms with Gasteiger partial charge < -0.3 is 9.13 Å². The minimum absolute atomic E-state index is 0.563. The molecule has 2 heterocycles. The third-order valence-electron chi connectivity index (χ3n) is 9.60. The highest BCUT2D eigenvalue weighted by Gasteiger charge is 2.20. The average molecular weight is 636 g/mol. The summed E-state index contributed by atoms with van der Waals surface area (Å²) in [5.41, 5.74) is 11.8. The molecule has 0 saturated carbocycles. The second-order valence-electron chi connectivity index (χ2n) is 12.2. The van der Waals surface area contributed by atoms with Gasteiger partial charge in [0.25, 0.3) is 0 Å². The standard InChI is InChI=1S/C45H25N5/c1-47-31-21-25-44-39(27-31)38-26-29(28-46)18-24-43(38)49(44)32-22-19-30(20-23-32)33-10-3-4-11-34(33)37-14-9-15-40(48-2)45(37)50-41-16-7-5-12-35(41)36-13-6-8-17-42(36)50/h3-27H. The van der Waals surface area contributed by atoms with E-state index >= 15 is 0 Å². The van der Waals surface area contributed by atoms with Gasteiger partial charge in [-0.25, -0.2) is 9.69 Å². The second kappa shape index (κ2) is 11.4. The first-order valence-electron chi connectivity index (χ1n) is 16.2. The summed E-state index contributed by atoms with van der Waals surface area (Å²) in [6, 6.07) is 53.4. The van der Waals surface area contributed by atoms with E-state index in [4.69, 9.17) is 13.1 Å². The minimum Gasteiger partial charge on any atom is -0.318 e. The van der Waals surface area contributed by atoms with Crippen LogP contribution in [0.1, 0.15) is 5.56 Å². The van der Waals surface area contributed by atoms with Crippen LogP contribution in [0.2, 0.25) is 0 Å². The lowest BCUT2D eigenvalue weighted by atomic mass is 9.93. The molecule has 0 amide bonds. The number of aromatic nitrogens is 2. The maximum absolute atomic E-state index is 9.61. The molecule has 0 atom stereocenters. The van der Waals surface area contributed by atoms with E-state index in [1.54, 1.807) is 0 Å². The summed E-state index contributed by atoms with van der Waals surface area (Å²) in [4.78, 5) is 7.68. The Morgan fingerprint density at radius 2 is 1.08 bits per heavy atom. The molecular formula is C45H25N5. The Labute approximate surface area is 288 Å². The normalized spacial score (nSPS) is 11.1. The largest absolute Gasteiger partial charge is 0.318 e. The van der Waals surface area contributed by atoms with Gasteiger partial charge in [0.05, 0.1) is 52.5 Å². The van der Waals surface area contributed by atoms with Gasteiger partial charge in [0.15, 0.2) is 5.69 Å². The molecule has 9 aromatic rings. The molecule has 230 valence electrons. The van der Waals surface area contributed by atoms with Crippen LogP contribution in [0, 0.1) is 24.5 Å². The highest BCUT2D eigenvalue weighted by Crippen LogP contribution is 2.44. The predicted molar refractivity (Wildman–Crippen MR) is 203 cm³/mol. The van der Waals surface area contributed by atoms with E-state index in [-0.39, 0.29) is 0 Å². The molecule has 9 rings (SSSR count). The Morgan fingerprint density at radius 1 is 0.480 bits per heavy atom. The lowest BCUT2D eigenvalue weighted by molar-refractivity contribution is 1.18. The molecule has 0 aliphatic rings. The van der Waals surface area contributed by atoms with E-state index in [1.165, 1.54) is 0 Å². The van der Waals surface area contributed by atoms with Crippen molar-refractivity contribution < 1.29 is 0 Å². The van der Waals surface area contributed by atoms with Crippen LogP contribution in [0.5, 0.6) is 0 Å². The number of hydrogen-bond donors (Lipinski definition) is 0. The molecule has 2 aromatic heterocycles. The van der Waals surface area contributed by atoms with Crippen LogP contribution in [0.4, 0.5) is 11.4 Å². The summed E-state index contributed by atoms with van der Waals surface area (Å²) >= 11 is 0. The first kappa shape index (κ1) is 28.8. The quantitative estimate of drug-likeness (QED) is 0.177. The number of nitrogens with zero attached hydrogens (tertiary/aromatic N) is 5. The molecule has 0 aliphatic heterocycles. The van der Waals surface area contributed by atoms with Crippen molar-refractivity contribution in [3.8, 4) is 39.7 Å². The van der Waals surface area contributed by atoms with E-state index in [1.807, 2.05) is 48.5 Å². The second-order valence-corrected chi connectivity index (χ2v) is 12.2. The van der Waals surface area contributed by atoms with Gasteiger partial charge in [0, 0.05) is 21.8 Å². The topological polar surface area (TPSA) is 42.4 Å². The van der Waals surface area contributed by atoms with Crippen LogP contribution in [-0.2, 0) is 0 Å². The maximum atomic E-state index is 9.61. The molecule has 50 heavy (non-hydrogen) atoms. The Kier molecular flexibility index (Phi) is 6.56. The summed E-state index contributed by atoms with van der Waals surface area (Å²) in [7, 11) is 0. The Morgan fingerprint density at radius 3 is 1.76 bits per heavy atom. The Balaban J connectivity index is 1.23. The Bertz CT molecular complexity index is 2830. The van der Waals surface area contributed by atoms with Crippen molar-refractivity contribution in [3.63, 3.8) is 0 Å². The van der Waals surface area contributed by atoms with Crippen LogP contribution >= 0.6 is 0 Å². The van der Waals surface area contributed by atoms with Crippen LogP contribution in [-0.4, -0.2) is 9.13 Å². The highest BCUT2D eigenvalue weighted by atomic mass is 15.0. The van der Waals surface area contributed by atoms with Gasteiger partial charge >= 0.3 is 0 Å². The number of para-hydroxylation sites is 3. The van der Waals surface area contributed by atoms with Crippen molar-refractivity contribution in [2.75, 3.05) is 0 Å².